The first-order valence-electron chi connectivity index (χ1n) is 7.29. The number of rotatable bonds is 4. The number of carbonyl (C=O) groups is 1. The molecule has 1 amide bonds. The topological polar surface area (TPSA) is 90.6 Å². The predicted octanol–water partition coefficient (Wildman–Crippen LogP) is 1.31. The Bertz CT molecular complexity index is 934. The SMILES string of the molecule is O=C(Cn1nnc2ccccc21)N/N=C/c1ccc2c(c1)OCO2. The number of amides is 1. The smallest absolute Gasteiger partial charge is 0.261 e. The monoisotopic (exact) mass is 323 g/mol. The molecule has 1 aromatic heterocycles. The zero-order valence-corrected chi connectivity index (χ0v) is 12.5. The molecule has 3 aromatic rings. The van der Waals surface area contributed by atoms with Gasteiger partial charge < -0.3 is 9.47 Å². The normalized spacial score (nSPS) is 12.8. The van der Waals surface area contributed by atoms with Crippen molar-refractivity contribution in [1.82, 2.24) is 20.4 Å². The van der Waals surface area contributed by atoms with Crippen LogP contribution >= 0.6 is 0 Å². The molecule has 0 aliphatic carbocycles. The minimum absolute atomic E-state index is 0.0407. The number of hydrogen-bond acceptors (Lipinski definition) is 6. The van der Waals surface area contributed by atoms with Gasteiger partial charge in [0.05, 0.1) is 11.7 Å². The summed E-state index contributed by atoms with van der Waals surface area (Å²) in [5.74, 6) is 1.08. The first-order valence-corrected chi connectivity index (χ1v) is 7.29. The van der Waals surface area contributed by atoms with Gasteiger partial charge in [-0.2, -0.15) is 5.10 Å². The quantitative estimate of drug-likeness (QED) is 0.577. The highest BCUT2D eigenvalue weighted by Crippen LogP contribution is 2.31. The fraction of sp³-hybridized carbons (Fsp3) is 0.125. The number of ether oxygens (including phenoxy) is 2. The van der Waals surface area contributed by atoms with Crippen LogP contribution in [0.2, 0.25) is 0 Å². The minimum atomic E-state index is -0.289. The molecule has 0 bridgehead atoms. The maximum absolute atomic E-state index is 12.0. The summed E-state index contributed by atoms with van der Waals surface area (Å²) in [5.41, 5.74) is 4.81. The molecule has 2 heterocycles. The number of hydrazone groups is 1. The Morgan fingerprint density at radius 3 is 3.08 bits per heavy atom. The summed E-state index contributed by atoms with van der Waals surface area (Å²) < 4.78 is 12.1. The van der Waals surface area contributed by atoms with Gasteiger partial charge in [-0.3, -0.25) is 4.79 Å². The number of nitrogens with one attached hydrogen (secondary N) is 1. The van der Waals surface area contributed by atoms with E-state index in [9.17, 15) is 4.79 Å². The van der Waals surface area contributed by atoms with Crippen molar-refractivity contribution < 1.29 is 14.3 Å². The van der Waals surface area contributed by atoms with E-state index in [2.05, 4.69) is 20.8 Å². The molecule has 1 aliphatic heterocycles. The number of fused-ring (bicyclic) bond motifs is 2. The summed E-state index contributed by atoms with van der Waals surface area (Å²) >= 11 is 0. The molecule has 0 unspecified atom stereocenters. The van der Waals surface area contributed by atoms with Crippen LogP contribution in [-0.2, 0) is 11.3 Å². The van der Waals surface area contributed by atoms with Crippen molar-refractivity contribution in [2.75, 3.05) is 6.79 Å². The van der Waals surface area contributed by atoms with Gasteiger partial charge in [0.1, 0.15) is 12.1 Å². The molecule has 1 N–H and O–H groups in total. The Balaban J connectivity index is 1.39. The van der Waals surface area contributed by atoms with Crippen molar-refractivity contribution >= 4 is 23.2 Å². The second-order valence-electron chi connectivity index (χ2n) is 5.14. The zero-order valence-electron chi connectivity index (χ0n) is 12.5. The molecule has 0 radical (unpaired) electrons. The van der Waals surface area contributed by atoms with E-state index in [4.69, 9.17) is 9.47 Å². The minimum Gasteiger partial charge on any atom is -0.454 e. The third kappa shape index (κ3) is 2.76. The van der Waals surface area contributed by atoms with Crippen molar-refractivity contribution in [2.45, 2.75) is 6.54 Å². The highest BCUT2D eigenvalue weighted by Gasteiger charge is 2.12. The summed E-state index contributed by atoms with van der Waals surface area (Å²) in [7, 11) is 0. The summed E-state index contributed by atoms with van der Waals surface area (Å²) in [6.45, 7) is 0.261. The Morgan fingerprint density at radius 1 is 1.25 bits per heavy atom. The van der Waals surface area contributed by atoms with Crippen LogP contribution in [0.25, 0.3) is 11.0 Å². The summed E-state index contributed by atoms with van der Waals surface area (Å²) in [5, 5.41) is 11.9. The molecule has 24 heavy (non-hydrogen) atoms. The largest absolute Gasteiger partial charge is 0.454 e. The van der Waals surface area contributed by atoms with Crippen LogP contribution in [0.5, 0.6) is 11.5 Å². The third-order valence-corrected chi connectivity index (χ3v) is 3.51. The van der Waals surface area contributed by atoms with Crippen LogP contribution < -0.4 is 14.9 Å². The zero-order chi connectivity index (χ0) is 16.4. The van der Waals surface area contributed by atoms with Crippen molar-refractivity contribution in [3.8, 4) is 11.5 Å². The molecule has 0 spiro atoms. The highest BCUT2D eigenvalue weighted by molar-refractivity contribution is 5.84. The first-order chi connectivity index (χ1) is 11.8. The van der Waals surface area contributed by atoms with Crippen LogP contribution in [0.15, 0.2) is 47.6 Å². The molecule has 1 aliphatic rings. The van der Waals surface area contributed by atoms with Gasteiger partial charge in [0.15, 0.2) is 11.5 Å². The molecule has 2 aromatic carbocycles. The van der Waals surface area contributed by atoms with E-state index in [1.54, 1.807) is 18.3 Å². The van der Waals surface area contributed by atoms with E-state index in [0.717, 1.165) is 16.6 Å². The van der Waals surface area contributed by atoms with E-state index < -0.39 is 0 Å². The summed E-state index contributed by atoms with van der Waals surface area (Å²) in [6.07, 6.45) is 1.54. The van der Waals surface area contributed by atoms with Gasteiger partial charge in [0.2, 0.25) is 6.79 Å². The van der Waals surface area contributed by atoms with Gasteiger partial charge in [0, 0.05) is 0 Å². The average molecular weight is 323 g/mol. The van der Waals surface area contributed by atoms with Gasteiger partial charge in [-0.05, 0) is 35.9 Å². The Labute approximate surface area is 136 Å². The molecule has 8 heteroatoms. The standard InChI is InChI=1S/C16H13N5O3/c22-16(9-21-13-4-2-1-3-12(13)18-20-21)19-17-8-11-5-6-14-15(7-11)24-10-23-14/h1-8H,9-10H2,(H,19,22)/b17-8+. The Morgan fingerprint density at radius 2 is 2.12 bits per heavy atom. The van der Waals surface area contributed by atoms with Crippen molar-refractivity contribution in [2.24, 2.45) is 5.10 Å². The summed E-state index contributed by atoms with van der Waals surface area (Å²) in [4.78, 5) is 12.0. The fourth-order valence-corrected chi connectivity index (χ4v) is 2.38. The Kier molecular flexibility index (Phi) is 3.54. The molecule has 0 saturated heterocycles. The fourth-order valence-electron chi connectivity index (χ4n) is 2.38. The lowest BCUT2D eigenvalue weighted by atomic mass is 10.2. The van der Waals surface area contributed by atoms with Crippen LogP contribution in [0.3, 0.4) is 0 Å². The molecule has 0 atom stereocenters. The molecule has 120 valence electrons. The second-order valence-corrected chi connectivity index (χ2v) is 5.14. The lowest BCUT2D eigenvalue weighted by Gasteiger charge is -2.01. The van der Waals surface area contributed by atoms with E-state index in [1.165, 1.54) is 4.68 Å². The highest BCUT2D eigenvalue weighted by atomic mass is 16.7. The number of hydrogen-bond donors (Lipinski definition) is 1. The maximum atomic E-state index is 12.0. The number of para-hydroxylation sites is 1. The van der Waals surface area contributed by atoms with Crippen LogP contribution in [-0.4, -0.2) is 33.9 Å². The van der Waals surface area contributed by atoms with Gasteiger partial charge in [-0.25, -0.2) is 10.1 Å². The molecule has 0 saturated carbocycles. The predicted molar refractivity (Wildman–Crippen MR) is 85.8 cm³/mol. The number of benzene rings is 2. The van der Waals surface area contributed by atoms with E-state index in [-0.39, 0.29) is 19.2 Å². The van der Waals surface area contributed by atoms with E-state index in [0.29, 0.717) is 11.5 Å². The second kappa shape index (κ2) is 5.99. The lowest BCUT2D eigenvalue weighted by molar-refractivity contribution is -0.121. The molecular weight excluding hydrogens is 310 g/mol. The van der Waals surface area contributed by atoms with Crippen LogP contribution in [0, 0.1) is 0 Å². The average Bonchev–Trinajstić information content (AvgIpc) is 3.22. The van der Waals surface area contributed by atoms with E-state index >= 15 is 0 Å². The van der Waals surface area contributed by atoms with Gasteiger partial charge in [-0.15, -0.1) is 5.10 Å². The van der Waals surface area contributed by atoms with Gasteiger partial charge in [-0.1, -0.05) is 17.3 Å². The van der Waals surface area contributed by atoms with E-state index in [1.807, 2.05) is 30.3 Å². The van der Waals surface area contributed by atoms with Crippen LogP contribution in [0.1, 0.15) is 5.56 Å². The lowest BCUT2D eigenvalue weighted by Crippen LogP contribution is -2.23. The summed E-state index contributed by atoms with van der Waals surface area (Å²) in [6, 6.07) is 12.9. The Hall–Kier alpha value is -3.42. The van der Waals surface area contributed by atoms with Crippen molar-refractivity contribution in [3.63, 3.8) is 0 Å². The number of carbonyl (C=O) groups excluding carboxylic acids is 1. The maximum Gasteiger partial charge on any atom is 0.261 e. The molecule has 4 rings (SSSR count). The molecular formula is C16H13N5O3. The molecule has 8 nitrogen and oxygen atoms in total. The van der Waals surface area contributed by atoms with Gasteiger partial charge >= 0.3 is 0 Å². The number of nitrogens with zero attached hydrogens (tertiary/aromatic N) is 4. The van der Waals surface area contributed by atoms with Gasteiger partial charge in [0.25, 0.3) is 5.91 Å². The van der Waals surface area contributed by atoms with Crippen molar-refractivity contribution in [3.05, 3.63) is 48.0 Å². The molecule has 0 fully saturated rings. The first kappa shape index (κ1) is 14.2. The third-order valence-electron chi connectivity index (χ3n) is 3.51. The van der Waals surface area contributed by atoms with Crippen molar-refractivity contribution in [1.29, 1.82) is 0 Å². The van der Waals surface area contributed by atoms with Crippen LogP contribution in [0.4, 0.5) is 0 Å². The number of aromatic nitrogens is 3.